The fourth-order valence-electron chi connectivity index (χ4n) is 3.33. The van der Waals surface area contributed by atoms with Gasteiger partial charge in [-0.1, -0.05) is 11.2 Å². The Kier molecular flexibility index (Phi) is 5.91. The third kappa shape index (κ3) is 4.01. The Balaban J connectivity index is 1.42. The lowest BCUT2D eigenvalue weighted by atomic mass is 10.1. The van der Waals surface area contributed by atoms with Crippen LogP contribution in [0.25, 0.3) is 11.4 Å². The van der Waals surface area contributed by atoms with Gasteiger partial charge in [0.15, 0.2) is 6.61 Å². The molecule has 2 heterocycles. The second-order valence-corrected chi connectivity index (χ2v) is 6.89. The molecule has 0 saturated heterocycles. The fraction of sp³-hybridized carbons (Fsp3) is 0.190. The molecule has 0 bridgehead atoms. The summed E-state index contributed by atoms with van der Waals surface area (Å²) in [4.78, 5) is 52.4. The first-order chi connectivity index (χ1) is 16.3. The molecule has 3 aromatic rings. The maximum absolute atomic E-state index is 12.5. The van der Waals surface area contributed by atoms with E-state index in [4.69, 9.17) is 18.7 Å². The molecule has 1 aromatic heterocycles. The quantitative estimate of drug-likeness (QED) is 0.205. The Hall–Kier alpha value is -4.81. The molecule has 2 amide bonds. The number of hydrogen-bond acceptors (Lipinski definition) is 11. The largest absolute Gasteiger partial charge is 0.497 e. The van der Waals surface area contributed by atoms with Crippen molar-refractivity contribution in [3.8, 4) is 22.9 Å². The first-order valence-corrected chi connectivity index (χ1v) is 9.68. The number of methoxy groups -OCH3 is 2. The van der Waals surface area contributed by atoms with Crippen molar-refractivity contribution in [1.29, 1.82) is 0 Å². The highest BCUT2D eigenvalue weighted by molar-refractivity contribution is 6.24. The Morgan fingerprint density at radius 2 is 1.91 bits per heavy atom. The van der Waals surface area contributed by atoms with Crippen LogP contribution < -0.4 is 9.47 Å². The predicted octanol–water partition coefficient (Wildman–Crippen LogP) is 2.00. The summed E-state index contributed by atoms with van der Waals surface area (Å²) in [5, 5.41) is 15.0. The molecule has 4 rings (SSSR count). The van der Waals surface area contributed by atoms with Gasteiger partial charge >= 0.3 is 5.97 Å². The number of hydrogen-bond donors (Lipinski definition) is 0. The van der Waals surface area contributed by atoms with Gasteiger partial charge in [0, 0.05) is 12.1 Å². The fourth-order valence-corrected chi connectivity index (χ4v) is 3.33. The Morgan fingerprint density at radius 3 is 2.62 bits per heavy atom. The SMILES string of the molecule is COc1ccc(-c2noc(COC(=O)CN3C(=O)c4cccc([N+](=O)[O-])c4C3=O)n2)c(OC)c1. The van der Waals surface area contributed by atoms with Crippen molar-refractivity contribution in [3.63, 3.8) is 0 Å². The number of esters is 1. The van der Waals surface area contributed by atoms with E-state index in [0.29, 0.717) is 22.0 Å². The van der Waals surface area contributed by atoms with Crippen LogP contribution >= 0.6 is 0 Å². The topological polar surface area (TPSA) is 164 Å². The summed E-state index contributed by atoms with van der Waals surface area (Å²) < 4.78 is 20.6. The van der Waals surface area contributed by atoms with Crippen LogP contribution in [0.15, 0.2) is 40.9 Å². The van der Waals surface area contributed by atoms with Crippen molar-refractivity contribution in [2.24, 2.45) is 0 Å². The zero-order chi connectivity index (χ0) is 24.4. The van der Waals surface area contributed by atoms with Crippen molar-refractivity contribution in [2.45, 2.75) is 6.61 Å². The molecule has 0 atom stereocenters. The number of carbonyl (C=O) groups excluding carboxylic acids is 3. The summed E-state index contributed by atoms with van der Waals surface area (Å²) in [7, 11) is 2.98. The summed E-state index contributed by atoms with van der Waals surface area (Å²) >= 11 is 0. The van der Waals surface area contributed by atoms with Crippen LogP contribution in [0.5, 0.6) is 11.5 Å². The molecular weight excluding hydrogens is 452 g/mol. The summed E-state index contributed by atoms with van der Waals surface area (Å²) in [5.41, 5.74) is -0.515. The van der Waals surface area contributed by atoms with Crippen LogP contribution in [0.4, 0.5) is 5.69 Å². The molecule has 0 aliphatic carbocycles. The molecule has 0 spiro atoms. The number of benzene rings is 2. The van der Waals surface area contributed by atoms with E-state index < -0.39 is 41.5 Å². The molecule has 2 aromatic carbocycles. The van der Waals surface area contributed by atoms with Gasteiger partial charge in [0.05, 0.1) is 30.3 Å². The Bertz CT molecular complexity index is 1320. The highest BCUT2D eigenvalue weighted by Crippen LogP contribution is 2.32. The number of imide groups is 1. The number of amides is 2. The van der Waals surface area contributed by atoms with E-state index in [1.54, 1.807) is 18.2 Å². The van der Waals surface area contributed by atoms with E-state index >= 15 is 0 Å². The lowest BCUT2D eigenvalue weighted by molar-refractivity contribution is -0.385. The monoisotopic (exact) mass is 468 g/mol. The summed E-state index contributed by atoms with van der Waals surface area (Å²) in [5.74, 6) is -1.58. The van der Waals surface area contributed by atoms with E-state index in [2.05, 4.69) is 10.1 Å². The lowest BCUT2D eigenvalue weighted by Crippen LogP contribution is -2.35. The third-order valence-corrected chi connectivity index (χ3v) is 4.94. The average molecular weight is 468 g/mol. The van der Waals surface area contributed by atoms with Gasteiger partial charge in [-0.15, -0.1) is 0 Å². The molecule has 0 radical (unpaired) electrons. The summed E-state index contributed by atoms with van der Waals surface area (Å²) in [6, 6.07) is 8.66. The van der Waals surface area contributed by atoms with Gasteiger partial charge in [-0.3, -0.25) is 29.4 Å². The van der Waals surface area contributed by atoms with E-state index in [1.807, 2.05) is 0 Å². The van der Waals surface area contributed by atoms with E-state index in [1.165, 1.54) is 26.4 Å². The number of nitrogens with zero attached hydrogens (tertiary/aromatic N) is 4. The van der Waals surface area contributed by atoms with Crippen LogP contribution in [0.2, 0.25) is 0 Å². The molecular formula is C21H16N4O9. The Labute approximate surface area is 191 Å². The minimum atomic E-state index is -0.948. The maximum atomic E-state index is 12.5. The number of carbonyl (C=O) groups is 3. The normalized spacial score (nSPS) is 12.5. The standard InChI is InChI=1S/C21H16N4O9/c1-31-11-6-7-12(15(8-11)32-2)19-22-16(34-23-19)10-33-17(26)9-24-20(27)13-4-3-5-14(25(29)30)18(13)21(24)28/h3-8H,9-10H2,1-2H3. The first kappa shape index (κ1) is 22.4. The highest BCUT2D eigenvalue weighted by Gasteiger charge is 2.42. The van der Waals surface area contributed by atoms with Crippen molar-refractivity contribution in [3.05, 3.63) is 63.5 Å². The van der Waals surface area contributed by atoms with Crippen molar-refractivity contribution >= 4 is 23.5 Å². The summed E-state index contributed by atoms with van der Waals surface area (Å²) in [6.45, 7) is -1.16. The molecule has 0 unspecified atom stereocenters. The number of rotatable bonds is 8. The zero-order valence-corrected chi connectivity index (χ0v) is 17.8. The van der Waals surface area contributed by atoms with E-state index in [9.17, 15) is 24.5 Å². The number of nitro benzene ring substituents is 1. The van der Waals surface area contributed by atoms with Gasteiger partial charge in [0.25, 0.3) is 23.4 Å². The minimum Gasteiger partial charge on any atom is -0.497 e. The maximum Gasteiger partial charge on any atom is 0.326 e. The van der Waals surface area contributed by atoms with Gasteiger partial charge in [0.1, 0.15) is 23.6 Å². The molecule has 174 valence electrons. The molecule has 13 heteroatoms. The van der Waals surface area contributed by atoms with Gasteiger partial charge in [-0.25, -0.2) is 0 Å². The second kappa shape index (κ2) is 8.97. The molecule has 1 aliphatic heterocycles. The van der Waals surface area contributed by atoms with Crippen molar-refractivity contribution in [1.82, 2.24) is 15.0 Å². The van der Waals surface area contributed by atoms with Crippen LogP contribution in [-0.2, 0) is 16.1 Å². The van der Waals surface area contributed by atoms with Gasteiger partial charge in [-0.05, 0) is 18.2 Å². The number of fused-ring (bicyclic) bond motifs is 1. The molecule has 13 nitrogen and oxygen atoms in total. The van der Waals surface area contributed by atoms with Crippen molar-refractivity contribution in [2.75, 3.05) is 20.8 Å². The lowest BCUT2D eigenvalue weighted by Gasteiger charge is -2.12. The molecule has 1 aliphatic rings. The van der Waals surface area contributed by atoms with Gasteiger partial charge in [0.2, 0.25) is 5.82 Å². The molecule has 0 N–H and O–H groups in total. The van der Waals surface area contributed by atoms with Crippen LogP contribution in [0.3, 0.4) is 0 Å². The minimum absolute atomic E-state index is 0.0424. The third-order valence-electron chi connectivity index (χ3n) is 4.94. The summed E-state index contributed by atoms with van der Waals surface area (Å²) in [6.07, 6.45) is 0. The Morgan fingerprint density at radius 1 is 1.12 bits per heavy atom. The van der Waals surface area contributed by atoms with Gasteiger partial charge < -0.3 is 18.7 Å². The molecule has 0 saturated carbocycles. The highest BCUT2D eigenvalue weighted by atomic mass is 16.6. The van der Waals surface area contributed by atoms with Crippen molar-refractivity contribution < 1.29 is 38.0 Å². The van der Waals surface area contributed by atoms with Crippen LogP contribution in [-0.4, -0.2) is 58.5 Å². The first-order valence-electron chi connectivity index (χ1n) is 9.68. The van der Waals surface area contributed by atoms with Crippen LogP contribution in [0.1, 0.15) is 26.6 Å². The van der Waals surface area contributed by atoms with Crippen LogP contribution in [0, 0.1) is 10.1 Å². The number of aromatic nitrogens is 2. The second-order valence-electron chi connectivity index (χ2n) is 6.89. The molecule has 34 heavy (non-hydrogen) atoms. The van der Waals surface area contributed by atoms with Gasteiger partial charge in [-0.2, -0.15) is 4.98 Å². The zero-order valence-electron chi connectivity index (χ0n) is 17.8. The number of nitro groups is 1. The predicted molar refractivity (Wildman–Crippen MR) is 111 cm³/mol. The average Bonchev–Trinajstić information content (AvgIpc) is 3.41. The van der Waals surface area contributed by atoms with E-state index in [0.717, 1.165) is 6.07 Å². The number of ether oxygens (including phenoxy) is 3. The van der Waals surface area contributed by atoms with E-state index in [-0.39, 0.29) is 22.8 Å². The molecule has 0 fully saturated rings. The smallest absolute Gasteiger partial charge is 0.326 e.